The van der Waals surface area contributed by atoms with Crippen LogP contribution in [-0.4, -0.2) is 31.8 Å². The summed E-state index contributed by atoms with van der Waals surface area (Å²) in [5.41, 5.74) is 2.00. The van der Waals surface area contributed by atoms with Crippen molar-refractivity contribution in [3.8, 4) is 6.07 Å². The molecule has 2 aliphatic rings. The maximum Gasteiger partial charge on any atom is 0.349 e. The third-order valence-electron chi connectivity index (χ3n) is 3.90. The van der Waals surface area contributed by atoms with Gasteiger partial charge >= 0.3 is 5.97 Å². The Labute approximate surface area is 132 Å². The number of nitrogens with one attached hydrogen (secondary N) is 1. The Hall–Kier alpha value is -1.80. The zero-order valence-electron chi connectivity index (χ0n) is 13.2. The summed E-state index contributed by atoms with van der Waals surface area (Å²) in [7, 11) is 0. The Balaban J connectivity index is 2.01. The van der Waals surface area contributed by atoms with Crippen molar-refractivity contribution in [3.05, 3.63) is 22.9 Å². The van der Waals surface area contributed by atoms with Crippen LogP contribution >= 0.6 is 0 Å². The summed E-state index contributed by atoms with van der Waals surface area (Å²) in [5, 5.41) is 12.7. The number of carbonyl (C=O) groups excluding carboxylic acids is 1. The second-order valence-corrected chi connectivity index (χ2v) is 5.69. The van der Waals surface area contributed by atoms with Gasteiger partial charge in [-0.1, -0.05) is 6.92 Å². The van der Waals surface area contributed by atoms with E-state index < -0.39 is 5.97 Å². The van der Waals surface area contributed by atoms with Gasteiger partial charge in [0, 0.05) is 18.8 Å². The first-order valence-corrected chi connectivity index (χ1v) is 8.11. The topological polar surface area (TPSA) is 71.4 Å². The van der Waals surface area contributed by atoms with Gasteiger partial charge in [-0.05, 0) is 50.2 Å². The van der Waals surface area contributed by atoms with Gasteiger partial charge in [0.25, 0.3) is 0 Å². The van der Waals surface area contributed by atoms with E-state index in [1.807, 2.05) is 19.1 Å². The summed E-state index contributed by atoms with van der Waals surface area (Å²) in [5.74, 6) is -0.504. The fraction of sp³-hybridized carbons (Fsp3) is 0.647. The average Bonchev–Trinajstić information content (AvgIpc) is 3.05. The van der Waals surface area contributed by atoms with Crippen LogP contribution in [0.5, 0.6) is 0 Å². The molecule has 1 atom stereocenters. The summed E-state index contributed by atoms with van der Waals surface area (Å²) >= 11 is 0. The van der Waals surface area contributed by atoms with Crippen LogP contribution in [0.15, 0.2) is 22.9 Å². The number of allylic oxidation sites excluding steroid dienone is 3. The van der Waals surface area contributed by atoms with Gasteiger partial charge in [0.2, 0.25) is 0 Å². The molecule has 0 radical (unpaired) electrons. The Bertz CT molecular complexity index is 497. The van der Waals surface area contributed by atoms with E-state index in [0.29, 0.717) is 6.61 Å². The molecule has 1 heterocycles. The zero-order chi connectivity index (χ0) is 15.8. The quantitative estimate of drug-likeness (QED) is 0.464. The molecule has 1 saturated heterocycles. The number of hydrogen-bond donors (Lipinski definition) is 1. The summed E-state index contributed by atoms with van der Waals surface area (Å²) in [4.78, 5) is 11.9. The van der Waals surface area contributed by atoms with Crippen molar-refractivity contribution in [2.75, 3.05) is 19.8 Å². The molecule has 0 aromatic heterocycles. The monoisotopic (exact) mass is 304 g/mol. The SMILES string of the molecule is CCCOC(=O)/C(C#N)=C1\C=C(NC[C@H]2CCCO2)CCC1. The van der Waals surface area contributed by atoms with Crippen molar-refractivity contribution < 1.29 is 14.3 Å². The Morgan fingerprint density at radius 2 is 2.36 bits per heavy atom. The first-order chi connectivity index (χ1) is 10.7. The second kappa shape index (κ2) is 8.60. The first kappa shape index (κ1) is 16.6. The molecule has 1 aliphatic carbocycles. The fourth-order valence-electron chi connectivity index (χ4n) is 2.73. The van der Waals surface area contributed by atoms with E-state index in [1.165, 1.54) is 0 Å². The van der Waals surface area contributed by atoms with E-state index in [1.54, 1.807) is 0 Å². The number of nitrogens with zero attached hydrogens (tertiary/aromatic N) is 1. The fourth-order valence-corrected chi connectivity index (χ4v) is 2.73. The van der Waals surface area contributed by atoms with Gasteiger partial charge in [-0.25, -0.2) is 4.79 Å². The van der Waals surface area contributed by atoms with Gasteiger partial charge in [-0.2, -0.15) is 5.26 Å². The molecule has 120 valence electrons. The van der Waals surface area contributed by atoms with Gasteiger partial charge in [0.05, 0.1) is 12.7 Å². The van der Waals surface area contributed by atoms with Crippen LogP contribution in [0, 0.1) is 11.3 Å². The Morgan fingerprint density at radius 3 is 3.05 bits per heavy atom. The molecule has 2 rings (SSSR count). The highest BCUT2D eigenvalue weighted by molar-refractivity contribution is 5.94. The molecular formula is C17H24N2O3. The van der Waals surface area contributed by atoms with E-state index >= 15 is 0 Å². The minimum absolute atomic E-state index is 0.143. The molecule has 22 heavy (non-hydrogen) atoms. The molecule has 1 N–H and O–H groups in total. The predicted molar refractivity (Wildman–Crippen MR) is 82.8 cm³/mol. The van der Waals surface area contributed by atoms with Crippen LogP contribution in [0.3, 0.4) is 0 Å². The molecule has 1 fully saturated rings. The van der Waals surface area contributed by atoms with E-state index in [4.69, 9.17) is 9.47 Å². The van der Waals surface area contributed by atoms with Crippen LogP contribution in [0.4, 0.5) is 0 Å². The molecule has 1 aliphatic heterocycles. The smallest absolute Gasteiger partial charge is 0.349 e. The molecule has 0 aromatic rings. The molecule has 0 bridgehead atoms. The molecule has 5 nitrogen and oxygen atoms in total. The highest BCUT2D eigenvalue weighted by Crippen LogP contribution is 2.24. The van der Waals surface area contributed by atoms with Crippen molar-refractivity contribution >= 4 is 5.97 Å². The summed E-state index contributed by atoms with van der Waals surface area (Å²) in [6.07, 6.45) is 7.81. The summed E-state index contributed by atoms with van der Waals surface area (Å²) in [6, 6.07) is 2.01. The van der Waals surface area contributed by atoms with Gasteiger partial charge in [-0.3, -0.25) is 0 Å². The summed E-state index contributed by atoms with van der Waals surface area (Å²) < 4.78 is 10.7. The third kappa shape index (κ3) is 4.60. The number of hydrogen-bond acceptors (Lipinski definition) is 5. The lowest BCUT2D eigenvalue weighted by atomic mass is 9.95. The lowest BCUT2D eigenvalue weighted by Crippen LogP contribution is -2.26. The molecular weight excluding hydrogens is 280 g/mol. The van der Waals surface area contributed by atoms with Crippen LogP contribution < -0.4 is 5.32 Å². The van der Waals surface area contributed by atoms with Gasteiger partial charge in [-0.15, -0.1) is 0 Å². The molecule has 0 unspecified atom stereocenters. The maximum atomic E-state index is 11.9. The number of rotatable bonds is 6. The standard InChI is InChI=1S/C17H24N2O3/c1-2-8-22-17(20)16(11-18)13-5-3-6-14(10-13)19-12-15-7-4-9-21-15/h10,15,19H,2-9,12H2,1H3/b16-13-/t15-/m1/s1. The van der Waals surface area contributed by atoms with Crippen LogP contribution in [-0.2, 0) is 14.3 Å². The minimum Gasteiger partial charge on any atom is -0.462 e. The lowest BCUT2D eigenvalue weighted by Gasteiger charge is -2.19. The largest absolute Gasteiger partial charge is 0.462 e. The van der Waals surface area contributed by atoms with E-state index in [2.05, 4.69) is 5.32 Å². The number of carbonyl (C=O) groups is 1. The molecule has 0 amide bonds. The van der Waals surface area contributed by atoms with Gasteiger partial charge < -0.3 is 14.8 Å². The highest BCUT2D eigenvalue weighted by Gasteiger charge is 2.20. The van der Waals surface area contributed by atoms with Crippen molar-refractivity contribution in [3.63, 3.8) is 0 Å². The average molecular weight is 304 g/mol. The number of ether oxygens (including phenoxy) is 2. The highest BCUT2D eigenvalue weighted by atomic mass is 16.5. The van der Waals surface area contributed by atoms with E-state index in [9.17, 15) is 10.1 Å². The van der Waals surface area contributed by atoms with E-state index in [-0.39, 0.29) is 11.7 Å². The van der Waals surface area contributed by atoms with Crippen LogP contribution in [0.25, 0.3) is 0 Å². The number of esters is 1. The lowest BCUT2D eigenvalue weighted by molar-refractivity contribution is -0.138. The van der Waals surface area contributed by atoms with Crippen LogP contribution in [0.1, 0.15) is 45.4 Å². The Morgan fingerprint density at radius 1 is 1.50 bits per heavy atom. The molecule has 0 saturated carbocycles. The molecule has 0 spiro atoms. The van der Waals surface area contributed by atoms with Gasteiger partial charge in [0.1, 0.15) is 11.6 Å². The maximum absolute atomic E-state index is 11.9. The predicted octanol–water partition coefficient (Wildman–Crippen LogP) is 2.60. The normalized spacial score (nSPS) is 23.5. The van der Waals surface area contributed by atoms with Crippen molar-refractivity contribution in [2.45, 2.75) is 51.6 Å². The van der Waals surface area contributed by atoms with Crippen molar-refractivity contribution in [1.29, 1.82) is 5.26 Å². The van der Waals surface area contributed by atoms with Crippen molar-refractivity contribution in [2.24, 2.45) is 0 Å². The van der Waals surface area contributed by atoms with Crippen LogP contribution in [0.2, 0.25) is 0 Å². The molecule has 5 heteroatoms. The van der Waals surface area contributed by atoms with Crippen molar-refractivity contribution in [1.82, 2.24) is 5.32 Å². The number of nitriles is 1. The Kier molecular flexibility index (Phi) is 6.47. The third-order valence-corrected chi connectivity index (χ3v) is 3.90. The first-order valence-electron chi connectivity index (χ1n) is 8.11. The van der Waals surface area contributed by atoms with E-state index in [0.717, 1.165) is 62.9 Å². The summed E-state index contributed by atoms with van der Waals surface area (Å²) in [6.45, 7) is 3.92. The zero-order valence-corrected chi connectivity index (χ0v) is 13.2. The second-order valence-electron chi connectivity index (χ2n) is 5.69. The van der Waals surface area contributed by atoms with Gasteiger partial charge in [0.15, 0.2) is 0 Å². The minimum atomic E-state index is -0.504. The molecule has 0 aromatic carbocycles.